The Labute approximate surface area is 96.7 Å². The molecule has 1 N–H and O–H groups in total. The van der Waals surface area contributed by atoms with Gasteiger partial charge in [-0.05, 0) is 26.5 Å². The molecule has 0 spiro atoms. The zero-order chi connectivity index (χ0) is 12.1. The third-order valence-corrected chi connectivity index (χ3v) is 2.78. The largest absolute Gasteiger partial charge is 0.481 e. The van der Waals surface area contributed by atoms with Crippen molar-refractivity contribution in [1.82, 2.24) is 4.90 Å². The van der Waals surface area contributed by atoms with Crippen LogP contribution in [0.1, 0.15) is 24.5 Å². The standard InChI is InChI=1S/C13H19NO2/c1-10-4-6-12(7-5-10)9-14(3)11(2)8-13(15)16/h4-7,11H,8-9H2,1-3H3,(H,15,16). The average molecular weight is 221 g/mol. The third-order valence-electron chi connectivity index (χ3n) is 2.78. The van der Waals surface area contributed by atoms with Crippen LogP contribution < -0.4 is 0 Å². The van der Waals surface area contributed by atoms with Crippen LogP contribution in [-0.4, -0.2) is 29.1 Å². The number of rotatable bonds is 5. The molecule has 0 aliphatic heterocycles. The van der Waals surface area contributed by atoms with Crippen molar-refractivity contribution in [3.05, 3.63) is 35.4 Å². The number of aryl methyl sites for hydroxylation is 1. The Morgan fingerprint density at radius 2 is 1.94 bits per heavy atom. The Bertz CT molecular complexity index is 345. The normalized spacial score (nSPS) is 12.8. The van der Waals surface area contributed by atoms with Crippen molar-refractivity contribution < 1.29 is 9.90 Å². The van der Waals surface area contributed by atoms with Crippen LogP contribution in [0.2, 0.25) is 0 Å². The van der Waals surface area contributed by atoms with E-state index in [2.05, 4.69) is 36.1 Å². The number of carboxylic acid groups (broad SMARTS) is 1. The van der Waals surface area contributed by atoms with Crippen molar-refractivity contribution in [3.8, 4) is 0 Å². The van der Waals surface area contributed by atoms with Crippen LogP contribution in [0.25, 0.3) is 0 Å². The second-order valence-corrected chi connectivity index (χ2v) is 4.35. The van der Waals surface area contributed by atoms with Crippen LogP contribution in [-0.2, 0) is 11.3 Å². The van der Waals surface area contributed by atoms with Crippen LogP contribution >= 0.6 is 0 Å². The first-order valence-corrected chi connectivity index (χ1v) is 5.46. The van der Waals surface area contributed by atoms with Gasteiger partial charge in [0.05, 0.1) is 6.42 Å². The molecule has 16 heavy (non-hydrogen) atoms. The molecule has 0 radical (unpaired) electrons. The lowest BCUT2D eigenvalue weighted by molar-refractivity contribution is -0.138. The highest BCUT2D eigenvalue weighted by molar-refractivity contribution is 5.67. The van der Waals surface area contributed by atoms with Gasteiger partial charge >= 0.3 is 5.97 Å². The lowest BCUT2D eigenvalue weighted by Gasteiger charge is -2.23. The number of hydrogen-bond acceptors (Lipinski definition) is 2. The van der Waals surface area contributed by atoms with Gasteiger partial charge in [-0.15, -0.1) is 0 Å². The van der Waals surface area contributed by atoms with E-state index >= 15 is 0 Å². The van der Waals surface area contributed by atoms with Crippen LogP contribution in [0.4, 0.5) is 0 Å². The molecular weight excluding hydrogens is 202 g/mol. The first kappa shape index (κ1) is 12.7. The SMILES string of the molecule is Cc1ccc(CN(C)C(C)CC(=O)O)cc1. The maximum Gasteiger partial charge on any atom is 0.304 e. The van der Waals surface area contributed by atoms with Crippen LogP contribution in [0.3, 0.4) is 0 Å². The maximum absolute atomic E-state index is 10.6. The number of carboxylic acids is 1. The van der Waals surface area contributed by atoms with E-state index in [4.69, 9.17) is 5.11 Å². The van der Waals surface area contributed by atoms with Crippen molar-refractivity contribution in [2.75, 3.05) is 7.05 Å². The van der Waals surface area contributed by atoms with E-state index in [-0.39, 0.29) is 12.5 Å². The van der Waals surface area contributed by atoms with E-state index < -0.39 is 5.97 Å². The van der Waals surface area contributed by atoms with E-state index in [1.165, 1.54) is 11.1 Å². The number of benzene rings is 1. The lowest BCUT2D eigenvalue weighted by Crippen LogP contribution is -2.30. The Hall–Kier alpha value is -1.35. The number of nitrogens with zero attached hydrogens (tertiary/aromatic N) is 1. The van der Waals surface area contributed by atoms with Crippen molar-refractivity contribution in [2.45, 2.75) is 32.9 Å². The van der Waals surface area contributed by atoms with Crippen LogP contribution in [0.15, 0.2) is 24.3 Å². The summed E-state index contributed by atoms with van der Waals surface area (Å²) in [5.41, 5.74) is 2.45. The van der Waals surface area contributed by atoms with E-state index in [9.17, 15) is 4.79 Å². The number of carbonyl (C=O) groups is 1. The first-order chi connectivity index (χ1) is 7.49. The summed E-state index contributed by atoms with van der Waals surface area (Å²) >= 11 is 0. The predicted molar refractivity (Wildman–Crippen MR) is 64.4 cm³/mol. The molecule has 0 amide bonds. The summed E-state index contributed by atoms with van der Waals surface area (Å²) in [5.74, 6) is -0.747. The second kappa shape index (κ2) is 5.66. The molecule has 0 saturated heterocycles. The van der Waals surface area contributed by atoms with Gasteiger partial charge in [-0.25, -0.2) is 0 Å². The molecule has 1 atom stereocenters. The van der Waals surface area contributed by atoms with E-state index in [0.717, 1.165) is 6.54 Å². The van der Waals surface area contributed by atoms with Gasteiger partial charge in [0.25, 0.3) is 0 Å². The number of aliphatic carboxylic acids is 1. The summed E-state index contributed by atoms with van der Waals surface area (Å²) in [6.07, 6.45) is 0.183. The summed E-state index contributed by atoms with van der Waals surface area (Å²) < 4.78 is 0. The quantitative estimate of drug-likeness (QED) is 0.829. The van der Waals surface area contributed by atoms with E-state index in [1.807, 2.05) is 14.0 Å². The molecule has 1 aromatic rings. The van der Waals surface area contributed by atoms with Gasteiger partial charge in [0.15, 0.2) is 0 Å². The molecule has 0 heterocycles. The molecule has 0 aliphatic carbocycles. The Kier molecular flexibility index (Phi) is 4.50. The molecule has 3 nitrogen and oxygen atoms in total. The fourth-order valence-electron chi connectivity index (χ4n) is 1.55. The fraction of sp³-hybridized carbons (Fsp3) is 0.462. The first-order valence-electron chi connectivity index (χ1n) is 5.46. The minimum atomic E-state index is -0.747. The Balaban J connectivity index is 2.53. The molecule has 0 aliphatic rings. The van der Waals surface area contributed by atoms with Crippen molar-refractivity contribution in [2.24, 2.45) is 0 Å². The van der Waals surface area contributed by atoms with Crippen LogP contribution in [0, 0.1) is 6.92 Å². The fourth-order valence-corrected chi connectivity index (χ4v) is 1.55. The predicted octanol–water partition coefficient (Wildman–Crippen LogP) is 2.29. The van der Waals surface area contributed by atoms with Crippen LogP contribution in [0.5, 0.6) is 0 Å². The molecule has 88 valence electrons. The zero-order valence-corrected chi connectivity index (χ0v) is 10.1. The topological polar surface area (TPSA) is 40.5 Å². The lowest BCUT2D eigenvalue weighted by atomic mass is 10.1. The third kappa shape index (κ3) is 4.03. The highest BCUT2D eigenvalue weighted by Gasteiger charge is 2.12. The van der Waals surface area contributed by atoms with Gasteiger partial charge in [-0.3, -0.25) is 9.69 Å². The monoisotopic (exact) mass is 221 g/mol. The van der Waals surface area contributed by atoms with Crippen molar-refractivity contribution >= 4 is 5.97 Å². The van der Waals surface area contributed by atoms with E-state index in [1.54, 1.807) is 0 Å². The van der Waals surface area contributed by atoms with Gasteiger partial charge in [0.2, 0.25) is 0 Å². The Morgan fingerprint density at radius 1 is 1.38 bits per heavy atom. The van der Waals surface area contributed by atoms with Crippen molar-refractivity contribution in [1.29, 1.82) is 0 Å². The maximum atomic E-state index is 10.6. The summed E-state index contributed by atoms with van der Waals surface area (Å²) in [4.78, 5) is 12.6. The van der Waals surface area contributed by atoms with Gasteiger partial charge < -0.3 is 5.11 Å². The molecule has 1 aromatic carbocycles. The number of hydrogen-bond donors (Lipinski definition) is 1. The van der Waals surface area contributed by atoms with E-state index in [0.29, 0.717) is 0 Å². The zero-order valence-electron chi connectivity index (χ0n) is 10.1. The smallest absolute Gasteiger partial charge is 0.304 e. The Morgan fingerprint density at radius 3 is 2.44 bits per heavy atom. The summed E-state index contributed by atoms with van der Waals surface area (Å²) in [5, 5.41) is 8.71. The highest BCUT2D eigenvalue weighted by atomic mass is 16.4. The second-order valence-electron chi connectivity index (χ2n) is 4.35. The minimum Gasteiger partial charge on any atom is -0.481 e. The molecule has 1 unspecified atom stereocenters. The highest BCUT2D eigenvalue weighted by Crippen LogP contribution is 2.09. The van der Waals surface area contributed by atoms with Gasteiger partial charge in [0.1, 0.15) is 0 Å². The van der Waals surface area contributed by atoms with Gasteiger partial charge in [-0.1, -0.05) is 29.8 Å². The van der Waals surface area contributed by atoms with Crippen molar-refractivity contribution in [3.63, 3.8) is 0 Å². The molecule has 0 bridgehead atoms. The van der Waals surface area contributed by atoms with Gasteiger partial charge in [-0.2, -0.15) is 0 Å². The average Bonchev–Trinajstić information content (AvgIpc) is 2.20. The molecule has 0 aromatic heterocycles. The minimum absolute atomic E-state index is 0.0544. The summed E-state index contributed by atoms with van der Waals surface area (Å²) in [7, 11) is 1.95. The molecule has 0 saturated carbocycles. The van der Waals surface area contributed by atoms with Gasteiger partial charge in [0, 0.05) is 12.6 Å². The molecule has 3 heteroatoms. The summed E-state index contributed by atoms with van der Waals surface area (Å²) in [6, 6.07) is 8.37. The molecule has 0 fully saturated rings. The summed E-state index contributed by atoms with van der Waals surface area (Å²) in [6.45, 7) is 4.78. The molecular formula is C13H19NO2. The molecule has 1 rings (SSSR count).